The molecule has 0 bridgehead atoms. The summed E-state index contributed by atoms with van der Waals surface area (Å²) in [5.74, 6) is -0.645. The Morgan fingerprint density at radius 1 is 0.846 bits per heavy atom. The van der Waals surface area contributed by atoms with Crippen molar-refractivity contribution in [3.63, 3.8) is 0 Å². The highest BCUT2D eigenvalue weighted by Crippen LogP contribution is 2.35. The molecule has 0 saturated carbocycles. The number of rotatable bonds is 10. The predicted octanol–water partition coefficient (Wildman–Crippen LogP) is 2.03. The topological polar surface area (TPSA) is 140 Å². The van der Waals surface area contributed by atoms with Crippen LogP contribution in [-0.2, 0) is 28.2 Å². The van der Waals surface area contributed by atoms with Gasteiger partial charge in [-0.2, -0.15) is 0 Å². The molecule has 0 aliphatic carbocycles. The molecule has 3 N–H and O–H groups in total. The summed E-state index contributed by atoms with van der Waals surface area (Å²) in [6.45, 7) is 10.4. The number of aliphatic hydroxyl groups excluding tert-OH is 1. The van der Waals surface area contributed by atoms with Crippen LogP contribution in [0.5, 0.6) is 0 Å². The lowest BCUT2D eigenvalue weighted by Crippen LogP contribution is -2.26. The first-order valence-corrected chi connectivity index (χ1v) is 9.92. The summed E-state index contributed by atoms with van der Waals surface area (Å²) in [6, 6.07) is 0. The molecule has 0 rings (SSSR count). The lowest BCUT2D eigenvalue weighted by atomic mass is 9.91. The summed E-state index contributed by atoms with van der Waals surface area (Å²) in [5.41, 5.74) is -1.00. The first-order valence-electron chi connectivity index (χ1n) is 8.39. The van der Waals surface area contributed by atoms with E-state index in [1.54, 1.807) is 13.8 Å². The van der Waals surface area contributed by atoms with E-state index in [-0.39, 0.29) is 32.4 Å². The van der Waals surface area contributed by atoms with Gasteiger partial charge in [0.2, 0.25) is 0 Å². The van der Waals surface area contributed by atoms with Crippen molar-refractivity contribution in [1.82, 2.24) is 0 Å². The summed E-state index contributed by atoms with van der Waals surface area (Å²) in [4.78, 5) is 39.1. The van der Waals surface area contributed by atoms with Gasteiger partial charge in [-0.25, -0.2) is 4.57 Å². The molecule has 0 amide bonds. The van der Waals surface area contributed by atoms with Gasteiger partial charge in [0.05, 0.1) is 24.0 Å². The van der Waals surface area contributed by atoms with E-state index >= 15 is 0 Å². The van der Waals surface area contributed by atoms with Gasteiger partial charge in [0, 0.05) is 0 Å². The fourth-order valence-corrected chi connectivity index (χ4v) is 1.42. The van der Waals surface area contributed by atoms with Crippen molar-refractivity contribution in [2.45, 2.75) is 54.4 Å². The SMILES string of the molecule is CCC(C)(C)C(=O)OCCO.CCC(C)(C)C(=O)OCCOP(=O)(O)O. The highest BCUT2D eigenvalue weighted by molar-refractivity contribution is 7.46. The molecular weight excluding hydrogens is 367 g/mol. The summed E-state index contributed by atoms with van der Waals surface area (Å²) in [7, 11) is -4.46. The zero-order valence-electron chi connectivity index (χ0n) is 16.5. The lowest BCUT2D eigenvalue weighted by Gasteiger charge is -2.20. The lowest BCUT2D eigenvalue weighted by molar-refractivity contribution is -0.155. The van der Waals surface area contributed by atoms with Gasteiger partial charge in [-0.15, -0.1) is 0 Å². The van der Waals surface area contributed by atoms with Crippen molar-refractivity contribution in [3.05, 3.63) is 0 Å². The molecular formula is C16H33O9P. The second-order valence-electron chi connectivity index (χ2n) is 6.79. The van der Waals surface area contributed by atoms with E-state index in [0.29, 0.717) is 6.42 Å². The molecule has 0 radical (unpaired) electrons. The molecule has 0 atom stereocenters. The number of carbonyl (C=O) groups excluding carboxylic acids is 2. The van der Waals surface area contributed by atoms with Crippen molar-refractivity contribution in [3.8, 4) is 0 Å². The van der Waals surface area contributed by atoms with Crippen LogP contribution >= 0.6 is 7.82 Å². The zero-order chi connectivity index (χ0) is 21.0. The molecule has 0 fully saturated rings. The fraction of sp³-hybridized carbons (Fsp3) is 0.875. The van der Waals surface area contributed by atoms with Gasteiger partial charge in [0.25, 0.3) is 0 Å². The normalized spacial score (nSPS) is 12.0. The summed E-state index contributed by atoms with van der Waals surface area (Å²) in [6.07, 6.45) is 1.38. The molecule has 0 unspecified atom stereocenters. The van der Waals surface area contributed by atoms with Gasteiger partial charge in [-0.1, -0.05) is 13.8 Å². The third-order valence-electron chi connectivity index (χ3n) is 3.77. The molecule has 0 aromatic rings. The van der Waals surface area contributed by atoms with Gasteiger partial charge in [-0.05, 0) is 40.5 Å². The number of esters is 2. The van der Waals surface area contributed by atoms with Crippen LogP contribution in [0.15, 0.2) is 0 Å². The third kappa shape index (κ3) is 13.2. The van der Waals surface area contributed by atoms with E-state index in [4.69, 9.17) is 24.4 Å². The second kappa shape index (κ2) is 12.4. The number of phosphoric ester groups is 1. The van der Waals surface area contributed by atoms with E-state index in [9.17, 15) is 14.2 Å². The highest BCUT2D eigenvalue weighted by atomic mass is 31.2. The van der Waals surface area contributed by atoms with Crippen LogP contribution in [0.4, 0.5) is 0 Å². The Labute approximate surface area is 155 Å². The van der Waals surface area contributed by atoms with Gasteiger partial charge >= 0.3 is 19.8 Å². The molecule has 0 spiro atoms. The van der Waals surface area contributed by atoms with Gasteiger partial charge < -0.3 is 24.4 Å². The van der Waals surface area contributed by atoms with Crippen molar-refractivity contribution in [2.75, 3.05) is 26.4 Å². The number of carbonyl (C=O) groups is 2. The number of hydrogen-bond donors (Lipinski definition) is 3. The van der Waals surface area contributed by atoms with E-state index in [1.165, 1.54) is 0 Å². The first-order chi connectivity index (χ1) is 11.7. The number of phosphoric acid groups is 1. The first kappa shape index (κ1) is 27.2. The second-order valence-corrected chi connectivity index (χ2v) is 8.03. The van der Waals surface area contributed by atoms with Gasteiger partial charge in [0.1, 0.15) is 13.2 Å². The largest absolute Gasteiger partial charge is 0.469 e. The molecule has 0 aromatic heterocycles. The quantitative estimate of drug-likeness (QED) is 0.285. The number of hydrogen-bond acceptors (Lipinski definition) is 7. The van der Waals surface area contributed by atoms with E-state index < -0.39 is 24.6 Å². The zero-order valence-corrected chi connectivity index (χ0v) is 17.4. The van der Waals surface area contributed by atoms with Crippen molar-refractivity contribution in [2.24, 2.45) is 10.8 Å². The van der Waals surface area contributed by atoms with Crippen molar-refractivity contribution < 1.29 is 43.0 Å². The predicted molar refractivity (Wildman–Crippen MR) is 95.1 cm³/mol. The Bertz CT molecular complexity index is 468. The molecule has 0 heterocycles. The minimum absolute atomic E-state index is 0.0995. The maximum absolute atomic E-state index is 11.3. The van der Waals surface area contributed by atoms with Gasteiger partial charge in [0.15, 0.2) is 0 Å². The van der Waals surface area contributed by atoms with Gasteiger partial charge in [-0.3, -0.25) is 14.1 Å². The van der Waals surface area contributed by atoms with Crippen LogP contribution in [0.3, 0.4) is 0 Å². The monoisotopic (exact) mass is 400 g/mol. The average Bonchev–Trinajstić information content (AvgIpc) is 2.55. The highest BCUT2D eigenvalue weighted by Gasteiger charge is 2.27. The summed E-state index contributed by atoms with van der Waals surface area (Å²) >= 11 is 0. The summed E-state index contributed by atoms with van der Waals surface area (Å²) in [5, 5.41) is 8.38. The summed E-state index contributed by atoms with van der Waals surface area (Å²) < 4.78 is 23.9. The minimum Gasteiger partial charge on any atom is -0.463 e. The molecule has 0 aliphatic heterocycles. The van der Waals surface area contributed by atoms with Crippen LogP contribution in [0.25, 0.3) is 0 Å². The Kier molecular flexibility index (Phi) is 13.0. The molecule has 0 aromatic carbocycles. The fourth-order valence-electron chi connectivity index (χ4n) is 1.11. The van der Waals surface area contributed by atoms with Crippen LogP contribution in [0.2, 0.25) is 0 Å². The van der Waals surface area contributed by atoms with Crippen LogP contribution < -0.4 is 0 Å². The molecule has 0 saturated heterocycles. The Morgan fingerprint density at radius 3 is 1.54 bits per heavy atom. The van der Waals surface area contributed by atoms with E-state index in [0.717, 1.165) is 6.42 Å². The number of ether oxygens (including phenoxy) is 2. The Balaban J connectivity index is 0. The molecule has 0 aliphatic rings. The smallest absolute Gasteiger partial charge is 0.463 e. The Hall–Kier alpha value is -0.990. The molecule has 10 heteroatoms. The standard InChI is InChI=1S/C8H17O6P.C8H16O3/c1-4-8(2,3)7(9)13-5-6-14-15(10,11)12;1-4-8(2,3)7(10)11-6-5-9/h4-6H2,1-3H3,(H2,10,11,12);9H,4-6H2,1-3H3. The van der Waals surface area contributed by atoms with E-state index in [1.807, 2.05) is 27.7 Å². The minimum atomic E-state index is -4.46. The van der Waals surface area contributed by atoms with Crippen LogP contribution in [-0.4, -0.2) is 53.3 Å². The molecule has 156 valence electrons. The average molecular weight is 400 g/mol. The molecule has 9 nitrogen and oxygen atoms in total. The van der Waals surface area contributed by atoms with Crippen molar-refractivity contribution >= 4 is 19.8 Å². The maximum atomic E-state index is 11.3. The Morgan fingerprint density at radius 2 is 1.23 bits per heavy atom. The van der Waals surface area contributed by atoms with Crippen LogP contribution in [0.1, 0.15) is 54.4 Å². The van der Waals surface area contributed by atoms with E-state index in [2.05, 4.69) is 4.52 Å². The maximum Gasteiger partial charge on any atom is 0.469 e. The van der Waals surface area contributed by atoms with Crippen molar-refractivity contribution in [1.29, 1.82) is 0 Å². The van der Waals surface area contributed by atoms with Crippen LogP contribution in [0, 0.1) is 10.8 Å². The third-order valence-corrected chi connectivity index (χ3v) is 4.29. The molecule has 26 heavy (non-hydrogen) atoms. The number of aliphatic hydroxyl groups is 1.